The summed E-state index contributed by atoms with van der Waals surface area (Å²) in [4.78, 5) is 23.0. The SMILES string of the molecule is CCOC(=O)CS(=O)(=O)CC(=O)c1ccccc1Br. The Hall–Kier alpha value is -1.21. The minimum absolute atomic E-state index is 0.104. The van der Waals surface area contributed by atoms with E-state index < -0.39 is 33.1 Å². The third-order valence-corrected chi connectivity index (χ3v) is 4.24. The Morgan fingerprint density at radius 1 is 1.21 bits per heavy atom. The molecule has 0 heterocycles. The van der Waals surface area contributed by atoms with Crippen molar-refractivity contribution in [2.75, 3.05) is 18.1 Å². The molecule has 0 bridgehead atoms. The minimum Gasteiger partial charge on any atom is -0.465 e. The van der Waals surface area contributed by atoms with Gasteiger partial charge in [0.1, 0.15) is 11.5 Å². The van der Waals surface area contributed by atoms with E-state index in [-0.39, 0.29) is 12.2 Å². The second-order valence-electron chi connectivity index (χ2n) is 3.74. The van der Waals surface area contributed by atoms with E-state index in [0.29, 0.717) is 4.47 Å². The summed E-state index contributed by atoms with van der Waals surface area (Å²) in [5, 5.41) is 0. The average Bonchev–Trinajstić information content (AvgIpc) is 2.27. The Bertz CT molecular complexity index is 580. The first-order chi connectivity index (χ1) is 8.85. The summed E-state index contributed by atoms with van der Waals surface area (Å²) in [5.41, 5.74) is 0.273. The highest BCUT2D eigenvalue weighted by Crippen LogP contribution is 2.17. The van der Waals surface area contributed by atoms with Crippen molar-refractivity contribution in [3.05, 3.63) is 34.3 Å². The van der Waals surface area contributed by atoms with Crippen molar-refractivity contribution >= 4 is 37.5 Å². The van der Waals surface area contributed by atoms with Crippen LogP contribution in [-0.4, -0.2) is 38.3 Å². The summed E-state index contributed by atoms with van der Waals surface area (Å²) in [6, 6.07) is 6.52. The first-order valence-corrected chi connectivity index (χ1v) is 8.11. The fraction of sp³-hybridized carbons (Fsp3) is 0.333. The normalized spacial score (nSPS) is 11.1. The Balaban J connectivity index is 2.77. The van der Waals surface area contributed by atoms with Gasteiger partial charge in [-0.25, -0.2) is 8.42 Å². The van der Waals surface area contributed by atoms with Crippen LogP contribution >= 0.6 is 15.9 Å². The third-order valence-electron chi connectivity index (χ3n) is 2.17. The lowest BCUT2D eigenvalue weighted by Crippen LogP contribution is -2.25. The predicted molar refractivity (Wildman–Crippen MR) is 73.8 cm³/mol. The van der Waals surface area contributed by atoms with Crippen molar-refractivity contribution in [2.24, 2.45) is 0 Å². The van der Waals surface area contributed by atoms with E-state index in [1.54, 1.807) is 25.1 Å². The molecule has 1 rings (SSSR count). The van der Waals surface area contributed by atoms with Crippen LogP contribution in [0.3, 0.4) is 0 Å². The predicted octanol–water partition coefficient (Wildman–Crippen LogP) is 1.61. The molecular weight excluding hydrogens is 336 g/mol. The van der Waals surface area contributed by atoms with Crippen LogP contribution < -0.4 is 0 Å². The van der Waals surface area contributed by atoms with Crippen molar-refractivity contribution in [1.29, 1.82) is 0 Å². The molecule has 5 nitrogen and oxygen atoms in total. The van der Waals surface area contributed by atoms with E-state index in [0.717, 1.165) is 0 Å². The number of hydrogen-bond donors (Lipinski definition) is 0. The van der Waals surface area contributed by atoms with Crippen LogP contribution in [0.4, 0.5) is 0 Å². The summed E-state index contributed by atoms with van der Waals surface area (Å²) in [6.45, 7) is 1.68. The molecule has 0 radical (unpaired) electrons. The van der Waals surface area contributed by atoms with Gasteiger partial charge < -0.3 is 4.74 Å². The summed E-state index contributed by atoms with van der Waals surface area (Å²) in [5.74, 6) is -2.90. The van der Waals surface area contributed by atoms with E-state index in [1.165, 1.54) is 6.07 Å². The molecule has 104 valence electrons. The zero-order valence-corrected chi connectivity index (χ0v) is 12.7. The van der Waals surface area contributed by atoms with Crippen molar-refractivity contribution in [2.45, 2.75) is 6.92 Å². The van der Waals surface area contributed by atoms with E-state index in [1.807, 2.05) is 0 Å². The van der Waals surface area contributed by atoms with Gasteiger partial charge in [-0.3, -0.25) is 9.59 Å². The highest BCUT2D eigenvalue weighted by atomic mass is 79.9. The lowest BCUT2D eigenvalue weighted by atomic mass is 10.1. The monoisotopic (exact) mass is 348 g/mol. The molecule has 19 heavy (non-hydrogen) atoms. The van der Waals surface area contributed by atoms with Crippen LogP contribution in [0.1, 0.15) is 17.3 Å². The van der Waals surface area contributed by atoms with Gasteiger partial charge in [-0.1, -0.05) is 34.1 Å². The summed E-state index contributed by atoms with van der Waals surface area (Å²) in [6.07, 6.45) is 0. The van der Waals surface area contributed by atoms with Crippen LogP contribution in [0.5, 0.6) is 0 Å². The van der Waals surface area contributed by atoms with Crippen LogP contribution in [0.2, 0.25) is 0 Å². The lowest BCUT2D eigenvalue weighted by Gasteiger charge is -2.05. The van der Waals surface area contributed by atoms with Crippen LogP contribution in [-0.2, 0) is 19.4 Å². The molecule has 0 amide bonds. The van der Waals surface area contributed by atoms with E-state index in [4.69, 9.17) is 0 Å². The smallest absolute Gasteiger partial charge is 0.321 e. The highest BCUT2D eigenvalue weighted by Gasteiger charge is 2.23. The number of hydrogen-bond acceptors (Lipinski definition) is 5. The number of ether oxygens (including phenoxy) is 1. The molecular formula is C12H13BrO5S. The Morgan fingerprint density at radius 2 is 1.84 bits per heavy atom. The zero-order chi connectivity index (χ0) is 14.5. The van der Waals surface area contributed by atoms with Crippen LogP contribution in [0, 0.1) is 0 Å². The van der Waals surface area contributed by atoms with Gasteiger partial charge in [0, 0.05) is 10.0 Å². The lowest BCUT2D eigenvalue weighted by molar-refractivity contribution is -0.139. The van der Waals surface area contributed by atoms with E-state index in [9.17, 15) is 18.0 Å². The maximum Gasteiger partial charge on any atom is 0.321 e. The summed E-state index contributed by atoms with van der Waals surface area (Å²) < 4.78 is 28.4. The highest BCUT2D eigenvalue weighted by molar-refractivity contribution is 9.10. The first-order valence-electron chi connectivity index (χ1n) is 5.49. The molecule has 0 aliphatic carbocycles. The molecule has 1 aromatic carbocycles. The molecule has 0 saturated carbocycles. The Morgan fingerprint density at radius 3 is 2.42 bits per heavy atom. The Kier molecular flexibility index (Phi) is 5.68. The fourth-order valence-electron chi connectivity index (χ4n) is 1.40. The summed E-state index contributed by atoms with van der Waals surface area (Å²) in [7, 11) is -3.81. The standard InChI is InChI=1S/C12H13BrO5S/c1-2-18-12(15)8-19(16,17)7-11(14)9-5-3-4-6-10(9)13/h3-6H,2,7-8H2,1H3. The molecule has 0 aliphatic rings. The number of sulfone groups is 1. The number of esters is 1. The van der Waals surface area contributed by atoms with Crippen molar-refractivity contribution in [3.63, 3.8) is 0 Å². The van der Waals surface area contributed by atoms with Crippen LogP contribution in [0.15, 0.2) is 28.7 Å². The van der Waals surface area contributed by atoms with Crippen molar-refractivity contribution < 1.29 is 22.7 Å². The van der Waals surface area contributed by atoms with Crippen molar-refractivity contribution in [1.82, 2.24) is 0 Å². The maximum atomic E-state index is 11.9. The third kappa shape index (κ3) is 5.12. The van der Waals surface area contributed by atoms with E-state index in [2.05, 4.69) is 20.7 Å². The second-order valence-corrected chi connectivity index (χ2v) is 6.66. The number of benzene rings is 1. The molecule has 1 aromatic rings. The molecule has 0 fully saturated rings. The van der Waals surface area contributed by atoms with Gasteiger partial charge in [-0.2, -0.15) is 0 Å². The van der Waals surface area contributed by atoms with Gasteiger partial charge in [-0.15, -0.1) is 0 Å². The molecule has 7 heteroatoms. The van der Waals surface area contributed by atoms with Gasteiger partial charge in [0.25, 0.3) is 0 Å². The first kappa shape index (κ1) is 15.8. The zero-order valence-electron chi connectivity index (χ0n) is 10.3. The molecule has 0 spiro atoms. The second kappa shape index (κ2) is 6.81. The fourth-order valence-corrected chi connectivity index (χ4v) is 3.00. The summed E-state index contributed by atoms with van der Waals surface area (Å²) >= 11 is 3.17. The topological polar surface area (TPSA) is 77.5 Å². The number of ketones is 1. The number of carbonyl (C=O) groups is 2. The van der Waals surface area contributed by atoms with Gasteiger partial charge in [0.05, 0.1) is 6.61 Å². The molecule has 0 N–H and O–H groups in total. The number of Topliss-reactive ketones (excluding diaryl/α,β-unsaturated/α-hetero) is 1. The van der Waals surface area contributed by atoms with E-state index >= 15 is 0 Å². The molecule has 0 atom stereocenters. The minimum atomic E-state index is -3.81. The quantitative estimate of drug-likeness (QED) is 0.576. The average molecular weight is 349 g/mol. The number of halogens is 1. The van der Waals surface area contributed by atoms with Crippen LogP contribution in [0.25, 0.3) is 0 Å². The molecule has 0 unspecified atom stereocenters. The molecule has 0 aliphatic heterocycles. The van der Waals surface area contributed by atoms with Gasteiger partial charge in [0.2, 0.25) is 0 Å². The van der Waals surface area contributed by atoms with Gasteiger partial charge >= 0.3 is 5.97 Å². The van der Waals surface area contributed by atoms with Gasteiger partial charge in [0.15, 0.2) is 15.6 Å². The van der Waals surface area contributed by atoms with Gasteiger partial charge in [-0.05, 0) is 13.0 Å². The number of carbonyl (C=O) groups excluding carboxylic acids is 2. The Labute approximate surface area is 120 Å². The maximum absolute atomic E-state index is 11.9. The number of rotatable bonds is 6. The largest absolute Gasteiger partial charge is 0.465 e. The molecule has 0 saturated heterocycles. The molecule has 0 aromatic heterocycles. The van der Waals surface area contributed by atoms with Crippen molar-refractivity contribution in [3.8, 4) is 0 Å².